The topological polar surface area (TPSA) is 97.0 Å². The van der Waals surface area contributed by atoms with Crippen molar-refractivity contribution in [2.24, 2.45) is 0 Å². The Morgan fingerprint density at radius 2 is 1.81 bits per heavy atom. The van der Waals surface area contributed by atoms with Crippen LogP contribution in [0.3, 0.4) is 0 Å². The van der Waals surface area contributed by atoms with Gasteiger partial charge in [0.25, 0.3) is 5.91 Å². The molecule has 0 bridgehead atoms. The van der Waals surface area contributed by atoms with E-state index in [-0.39, 0.29) is 12.5 Å². The molecule has 166 valence electrons. The van der Waals surface area contributed by atoms with Crippen molar-refractivity contribution in [3.05, 3.63) is 76.1 Å². The van der Waals surface area contributed by atoms with Gasteiger partial charge in [-0.05, 0) is 42.5 Å². The fraction of sp³-hybridized carbons (Fsp3) is 0.320. The Hall–Kier alpha value is -3.61. The van der Waals surface area contributed by atoms with Crippen LogP contribution in [0.4, 0.5) is 0 Å². The van der Waals surface area contributed by atoms with Gasteiger partial charge >= 0.3 is 11.6 Å². The third kappa shape index (κ3) is 4.10. The number of fused-ring (bicyclic) bond motifs is 1. The molecule has 0 aliphatic carbocycles. The van der Waals surface area contributed by atoms with E-state index < -0.39 is 17.0 Å². The number of aliphatic carboxylic acids is 1. The van der Waals surface area contributed by atoms with E-state index in [1.165, 1.54) is 6.07 Å². The first-order chi connectivity index (χ1) is 15.4. The predicted molar refractivity (Wildman–Crippen MR) is 119 cm³/mol. The highest BCUT2D eigenvalue weighted by atomic mass is 16.5. The molecule has 1 fully saturated rings. The summed E-state index contributed by atoms with van der Waals surface area (Å²) in [5, 5.41) is 10.7. The molecule has 1 N–H and O–H groups in total. The number of hydrogen-bond donors (Lipinski definition) is 1. The van der Waals surface area contributed by atoms with Crippen LogP contribution in [0.5, 0.6) is 5.75 Å². The van der Waals surface area contributed by atoms with E-state index in [2.05, 4.69) is 0 Å². The van der Waals surface area contributed by atoms with E-state index in [9.17, 15) is 19.5 Å². The Labute approximate surface area is 185 Å². The van der Waals surface area contributed by atoms with Crippen molar-refractivity contribution in [2.45, 2.75) is 31.6 Å². The van der Waals surface area contributed by atoms with Gasteiger partial charge in [0.05, 0.1) is 5.41 Å². The molecule has 0 saturated carbocycles. The quantitative estimate of drug-likeness (QED) is 0.596. The molecular weight excluding hydrogens is 410 g/mol. The Balaban J connectivity index is 1.41. The van der Waals surface area contributed by atoms with Gasteiger partial charge < -0.3 is 19.2 Å². The third-order valence-corrected chi connectivity index (χ3v) is 6.25. The van der Waals surface area contributed by atoms with Crippen LogP contribution in [-0.2, 0) is 21.4 Å². The number of piperidine rings is 1. The first kappa shape index (κ1) is 21.6. The molecule has 1 amide bonds. The second kappa shape index (κ2) is 8.86. The van der Waals surface area contributed by atoms with Crippen LogP contribution < -0.4 is 10.4 Å². The van der Waals surface area contributed by atoms with Gasteiger partial charge in [0.15, 0.2) is 6.61 Å². The maximum atomic E-state index is 12.7. The minimum absolute atomic E-state index is 0.172. The van der Waals surface area contributed by atoms with Crippen molar-refractivity contribution in [1.29, 1.82) is 0 Å². The van der Waals surface area contributed by atoms with Gasteiger partial charge in [-0.25, -0.2) is 4.79 Å². The SMILES string of the molecule is CCc1cc(=O)oc2cc(OCC(=O)N3CCC(C(=O)O)(c4ccccc4)CC3)ccc12. The summed E-state index contributed by atoms with van der Waals surface area (Å²) in [6.45, 7) is 2.48. The first-order valence-corrected chi connectivity index (χ1v) is 10.7. The number of carboxylic acids is 1. The summed E-state index contributed by atoms with van der Waals surface area (Å²) in [6.07, 6.45) is 1.40. The van der Waals surface area contributed by atoms with E-state index >= 15 is 0 Å². The Bertz CT molecular complexity index is 1190. The molecule has 0 unspecified atom stereocenters. The smallest absolute Gasteiger partial charge is 0.336 e. The Morgan fingerprint density at radius 1 is 1.09 bits per heavy atom. The molecule has 2 heterocycles. The molecule has 1 aliphatic heterocycles. The highest BCUT2D eigenvalue weighted by Crippen LogP contribution is 2.36. The van der Waals surface area contributed by atoms with Gasteiger partial charge in [0.2, 0.25) is 0 Å². The lowest BCUT2D eigenvalue weighted by Crippen LogP contribution is -2.50. The van der Waals surface area contributed by atoms with E-state index in [0.29, 0.717) is 43.7 Å². The molecule has 4 rings (SSSR count). The van der Waals surface area contributed by atoms with Crippen LogP contribution in [0.25, 0.3) is 11.0 Å². The maximum absolute atomic E-state index is 12.7. The van der Waals surface area contributed by atoms with Crippen molar-refractivity contribution in [3.63, 3.8) is 0 Å². The van der Waals surface area contributed by atoms with Crippen LogP contribution in [0, 0.1) is 0 Å². The molecule has 0 radical (unpaired) electrons. The lowest BCUT2D eigenvalue weighted by Gasteiger charge is -2.39. The van der Waals surface area contributed by atoms with Crippen molar-refractivity contribution in [1.82, 2.24) is 4.90 Å². The second-order valence-corrected chi connectivity index (χ2v) is 8.02. The van der Waals surface area contributed by atoms with E-state index in [4.69, 9.17) is 9.15 Å². The molecule has 0 spiro atoms. The zero-order valence-corrected chi connectivity index (χ0v) is 17.9. The minimum Gasteiger partial charge on any atom is -0.484 e. The highest BCUT2D eigenvalue weighted by Gasteiger charge is 2.43. The van der Waals surface area contributed by atoms with Gasteiger partial charge in [-0.3, -0.25) is 9.59 Å². The fourth-order valence-electron chi connectivity index (χ4n) is 4.35. The van der Waals surface area contributed by atoms with E-state index in [1.54, 1.807) is 17.0 Å². The summed E-state index contributed by atoms with van der Waals surface area (Å²) >= 11 is 0. The number of benzene rings is 2. The zero-order chi connectivity index (χ0) is 22.7. The molecule has 2 aromatic carbocycles. The number of hydrogen-bond acceptors (Lipinski definition) is 5. The summed E-state index contributed by atoms with van der Waals surface area (Å²) in [7, 11) is 0. The molecule has 7 nitrogen and oxygen atoms in total. The molecule has 3 aromatic rings. The van der Waals surface area contributed by atoms with Gasteiger partial charge in [-0.15, -0.1) is 0 Å². The summed E-state index contributed by atoms with van der Waals surface area (Å²) in [5.41, 5.74) is 0.682. The van der Waals surface area contributed by atoms with Crippen molar-refractivity contribution in [2.75, 3.05) is 19.7 Å². The molecule has 1 aromatic heterocycles. The van der Waals surface area contributed by atoms with Gasteiger partial charge in [-0.1, -0.05) is 37.3 Å². The second-order valence-electron chi connectivity index (χ2n) is 8.02. The van der Waals surface area contributed by atoms with Crippen molar-refractivity contribution < 1.29 is 23.8 Å². The molecule has 7 heteroatoms. The minimum atomic E-state index is -0.980. The molecule has 0 atom stereocenters. The van der Waals surface area contributed by atoms with Crippen LogP contribution in [-0.4, -0.2) is 41.6 Å². The number of carbonyl (C=O) groups excluding carboxylic acids is 1. The Morgan fingerprint density at radius 3 is 2.47 bits per heavy atom. The lowest BCUT2D eigenvalue weighted by molar-refractivity contribution is -0.148. The summed E-state index contributed by atoms with van der Waals surface area (Å²) < 4.78 is 10.9. The van der Waals surface area contributed by atoms with Crippen molar-refractivity contribution in [3.8, 4) is 5.75 Å². The van der Waals surface area contributed by atoms with Crippen LogP contribution in [0.15, 0.2) is 63.8 Å². The number of amides is 1. The number of carboxylic acid groups (broad SMARTS) is 1. The summed E-state index contributed by atoms with van der Waals surface area (Å²) in [4.78, 5) is 38.1. The number of ether oxygens (including phenoxy) is 1. The molecule has 1 aliphatic rings. The number of carbonyl (C=O) groups is 2. The van der Waals surface area contributed by atoms with E-state index in [1.807, 2.05) is 43.3 Å². The van der Waals surface area contributed by atoms with Gasteiger partial charge in [0.1, 0.15) is 11.3 Å². The normalized spacial score (nSPS) is 15.5. The largest absolute Gasteiger partial charge is 0.484 e. The van der Waals surface area contributed by atoms with Crippen molar-refractivity contribution >= 4 is 22.8 Å². The number of likely N-dealkylation sites (tertiary alicyclic amines) is 1. The molecule has 32 heavy (non-hydrogen) atoms. The third-order valence-electron chi connectivity index (χ3n) is 6.25. The number of nitrogens with zero attached hydrogens (tertiary/aromatic N) is 1. The standard InChI is InChI=1S/C25H25NO6/c1-2-17-14-23(28)32-21-15-19(8-9-20(17)21)31-16-22(27)26-12-10-25(11-13-26,24(29)30)18-6-4-3-5-7-18/h3-9,14-15H,2,10-13,16H2,1H3,(H,29,30). The monoisotopic (exact) mass is 435 g/mol. The maximum Gasteiger partial charge on any atom is 0.336 e. The summed E-state index contributed by atoms with van der Waals surface area (Å²) in [5.74, 6) is -0.638. The van der Waals surface area contributed by atoms with Gasteiger partial charge in [0, 0.05) is 30.6 Å². The van der Waals surface area contributed by atoms with Gasteiger partial charge in [-0.2, -0.15) is 0 Å². The molecule has 1 saturated heterocycles. The number of aryl methyl sites for hydroxylation is 1. The number of rotatable bonds is 6. The van der Waals surface area contributed by atoms with E-state index in [0.717, 1.165) is 16.5 Å². The van der Waals surface area contributed by atoms with Crippen LogP contribution in [0.1, 0.15) is 30.9 Å². The fourth-order valence-corrected chi connectivity index (χ4v) is 4.35. The average Bonchev–Trinajstić information content (AvgIpc) is 2.82. The Kier molecular flexibility index (Phi) is 5.99. The first-order valence-electron chi connectivity index (χ1n) is 10.7. The average molecular weight is 435 g/mol. The lowest BCUT2D eigenvalue weighted by atomic mass is 9.73. The molecular formula is C25H25NO6. The highest BCUT2D eigenvalue weighted by molar-refractivity contribution is 5.84. The predicted octanol–water partition coefficient (Wildman–Crippen LogP) is 3.38. The zero-order valence-electron chi connectivity index (χ0n) is 17.9. The summed E-state index contributed by atoms with van der Waals surface area (Å²) in [6, 6.07) is 15.8. The van der Waals surface area contributed by atoms with Crippen LogP contribution in [0.2, 0.25) is 0 Å². The van der Waals surface area contributed by atoms with Crippen LogP contribution >= 0.6 is 0 Å².